The monoisotopic (exact) mass is 373 g/mol. The van der Waals surface area contributed by atoms with Gasteiger partial charge >= 0.3 is 6.09 Å². The van der Waals surface area contributed by atoms with Crippen LogP contribution in [0, 0.1) is 5.82 Å². The molecule has 0 radical (unpaired) electrons. The number of aliphatic hydroxyl groups is 1. The molecule has 2 rings (SSSR count). The molecule has 1 heterocycles. The van der Waals surface area contributed by atoms with E-state index in [1.54, 1.807) is 39.0 Å². The molecule has 0 saturated carbocycles. The molecule has 1 aliphatic heterocycles. The summed E-state index contributed by atoms with van der Waals surface area (Å²) in [6.07, 6.45) is 0.502. The minimum Gasteiger partial charge on any atom is -0.444 e. The fourth-order valence-corrected chi connectivity index (χ4v) is 2.97. The quantitative estimate of drug-likeness (QED) is 0.814. The third kappa shape index (κ3) is 3.79. The number of carbonyl (C=O) groups excluding carboxylic acids is 1. The van der Waals surface area contributed by atoms with Crippen LogP contribution < -0.4 is 0 Å². The van der Waals surface area contributed by atoms with Crippen molar-refractivity contribution >= 4 is 22.0 Å². The number of ether oxygens (including phenoxy) is 1. The van der Waals surface area contributed by atoms with Crippen LogP contribution in [0.5, 0.6) is 0 Å². The SMILES string of the molecule is CC(C)(C)OC(=O)N1CCCC(O)(c2cccc(Br)c2F)C1. The summed E-state index contributed by atoms with van der Waals surface area (Å²) in [6, 6.07) is 4.81. The van der Waals surface area contributed by atoms with Crippen molar-refractivity contribution in [3.63, 3.8) is 0 Å². The molecule has 1 aromatic carbocycles. The Balaban J connectivity index is 2.22. The maximum Gasteiger partial charge on any atom is 0.410 e. The van der Waals surface area contributed by atoms with E-state index in [9.17, 15) is 14.3 Å². The Morgan fingerprint density at radius 2 is 2.14 bits per heavy atom. The third-order valence-electron chi connectivity index (χ3n) is 3.58. The summed E-state index contributed by atoms with van der Waals surface area (Å²) in [6.45, 7) is 5.88. The van der Waals surface area contributed by atoms with Gasteiger partial charge in [0.25, 0.3) is 0 Å². The lowest BCUT2D eigenvalue weighted by Gasteiger charge is -2.40. The molecule has 1 saturated heterocycles. The van der Waals surface area contributed by atoms with Crippen molar-refractivity contribution in [2.45, 2.75) is 44.8 Å². The van der Waals surface area contributed by atoms with Crippen molar-refractivity contribution in [1.29, 1.82) is 0 Å². The summed E-state index contributed by atoms with van der Waals surface area (Å²) in [5, 5.41) is 10.9. The Bertz CT molecular complexity index is 573. The fourth-order valence-electron chi connectivity index (χ4n) is 2.60. The van der Waals surface area contributed by atoms with Gasteiger partial charge in [0.05, 0.1) is 11.0 Å². The molecule has 1 fully saturated rings. The summed E-state index contributed by atoms with van der Waals surface area (Å²) in [7, 11) is 0. The number of piperidine rings is 1. The molecule has 22 heavy (non-hydrogen) atoms. The van der Waals surface area contributed by atoms with Gasteiger partial charge in [0, 0.05) is 12.1 Å². The van der Waals surface area contributed by atoms with E-state index in [4.69, 9.17) is 4.74 Å². The highest BCUT2D eigenvalue weighted by molar-refractivity contribution is 9.10. The van der Waals surface area contributed by atoms with Crippen molar-refractivity contribution in [3.8, 4) is 0 Å². The highest BCUT2D eigenvalue weighted by atomic mass is 79.9. The maximum absolute atomic E-state index is 14.3. The van der Waals surface area contributed by atoms with Crippen molar-refractivity contribution in [1.82, 2.24) is 4.90 Å². The second-order valence-electron chi connectivity index (χ2n) is 6.64. The molecule has 1 aromatic rings. The summed E-state index contributed by atoms with van der Waals surface area (Å²) < 4.78 is 19.9. The standard InChI is InChI=1S/C16H21BrFNO3/c1-15(2,3)22-14(20)19-9-5-8-16(21,10-19)11-6-4-7-12(17)13(11)18/h4,6-7,21H,5,8-10H2,1-3H3. The molecule has 1 N–H and O–H groups in total. The zero-order valence-corrected chi connectivity index (χ0v) is 14.6. The highest BCUT2D eigenvalue weighted by Crippen LogP contribution is 2.35. The van der Waals surface area contributed by atoms with Crippen molar-refractivity contribution in [2.24, 2.45) is 0 Å². The average molecular weight is 374 g/mol. The summed E-state index contributed by atoms with van der Waals surface area (Å²) in [4.78, 5) is 13.6. The number of amides is 1. The first kappa shape index (κ1) is 17.2. The number of hydrogen-bond donors (Lipinski definition) is 1. The topological polar surface area (TPSA) is 49.8 Å². The largest absolute Gasteiger partial charge is 0.444 e. The van der Waals surface area contributed by atoms with Crippen LogP contribution in [0.15, 0.2) is 22.7 Å². The number of likely N-dealkylation sites (tertiary alicyclic amines) is 1. The number of rotatable bonds is 1. The van der Waals surface area contributed by atoms with E-state index >= 15 is 0 Å². The van der Waals surface area contributed by atoms with Gasteiger partial charge in [-0.1, -0.05) is 12.1 Å². The van der Waals surface area contributed by atoms with Gasteiger partial charge in [-0.05, 0) is 55.6 Å². The normalized spacial score (nSPS) is 22.5. The molecule has 0 spiro atoms. The maximum atomic E-state index is 14.3. The van der Waals surface area contributed by atoms with Crippen molar-refractivity contribution in [3.05, 3.63) is 34.1 Å². The van der Waals surface area contributed by atoms with E-state index < -0.39 is 23.1 Å². The second-order valence-corrected chi connectivity index (χ2v) is 7.49. The van der Waals surface area contributed by atoms with Crippen LogP contribution in [0.2, 0.25) is 0 Å². The van der Waals surface area contributed by atoms with Crippen LogP contribution in [0.4, 0.5) is 9.18 Å². The Hall–Kier alpha value is -1.14. The average Bonchev–Trinajstić information content (AvgIpc) is 2.40. The highest BCUT2D eigenvalue weighted by Gasteiger charge is 2.40. The summed E-state index contributed by atoms with van der Waals surface area (Å²) in [5.41, 5.74) is -1.80. The van der Waals surface area contributed by atoms with Crippen molar-refractivity contribution < 1.29 is 19.0 Å². The van der Waals surface area contributed by atoms with Crippen molar-refractivity contribution in [2.75, 3.05) is 13.1 Å². The van der Waals surface area contributed by atoms with Gasteiger partial charge in [0.2, 0.25) is 0 Å². The number of nitrogens with zero attached hydrogens (tertiary/aromatic N) is 1. The molecule has 6 heteroatoms. The molecule has 0 aliphatic carbocycles. The smallest absolute Gasteiger partial charge is 0.410 e. The zero-order valence-electron chi connectivity index (χ0n) is 13.0. The van der Waals surface area contributed by atoms with E-state index in [1.807, 2.05) is 0 Å². The number of β-amino-alcohol motifs (C(OH)–C–C–N with tert-alkyl or cyclic N) is 1. The Kier molecular flexibility index (Phi) is 4.82. The number of halogens is 2. The minimum absolute atomic E-state index is 0.0231. The molecular formula is C16H21BrFNO3. The minimum atomic E-state index is -1.40. The first-order valence-corrected chi connectivity index (χ1v) is 8.06. The molecule has 0 aromatic heterocycles. The Morgan fingerprint density at radius 3 is 2.77 bits per heavy atom. The van der Waals surface area contributed by atoms with Crippen LogP contribution in [0.1, 0.15) is 39.2 Å². The van der Waals surface area contributed by atoms with E-state index in [0.29, 0.717) is 23.9 Å². The zero-order chi connectivity index (χ0) is 16.5. The van der Waals surface area contributed by atoms with Gasteiger partial charge in [0.15, 0.2) is 0 Å². The second kappa shape index (κ2) is 6.16. The number of benzene rings is 1. The lowest BCUT2D eigenvalue weighted by molar-refractivity contribution is -0.0484. The molecule has 0 bridgehead atoms. The molecular weight excluding hydrogens is 353 g/mol. The molecule has 1 aliphatic rings. The summed E-state index contributed by atoms with van der Waals surface area (Å²) >= 11 is 3.13. The van der Waals surface area contributed by atoms with E-state index in [-0.39, 0.29) is 12.1 Å². The van der Waals surface area contributed by atoms with E-state index in [0.717, 1.165) is 0 Å². The van der Waals surface area contributed by atoms with Crippen LogP contribution in [-0.4, -0.2) is 34.8 Å². The van der Waals surface area contributed by atoms with Crippen LogP contribution in [-0.2, 0) is 10.3 Å². The van der Waals surface area contributed by atoms with Gasteiger partial charge < -0.3 is 14.7 Å². The first-order chi connectivity index (χ1) is 10.1. The Morgan fingerprint density at radius 1 is 1.45 bits per heavy atom. The third-order valence-corrected chi connectivity index (χ3v) is 4.19. The number of hydrogen-bond acceptors (Lipinski definition) is 3. The predicted octanol–water partition coefficient (Wildman–Crippen LogP) is 3.81. The summed E-state index contributed by atoms with van der Waals surface area (Å²) in [5.74, 6) is -0.490. The van der Waals surface area contributed by atoms with Crippen LogP contribution >= 0.6 is 15.9 Å². The fraction of sp³-hybridized carbons (Fsp3) is 0.562. The molecule has 1 unspecified atom stereocenters. The predicted molar refractivity (Wildman–Crippen MR) is 85.0 cm³/mol. The Labute approximate surface area is 138 Å². The molecule has 1 atom stereocenters. The van der Waals surface area contributed by atoms with Crippen LogP contribution in [0.25, 0.3) is 0 Å². The van der Waals surface area contributed by atoms with E-state index in [2.05, 4.69) is 15.9 Å². The lowest BCUT2D eigenvalue weighted by atomic mass is 9.85. The number of carbonyl (C=O) groups is 1. The lowest BCUT2D eigenvalue weighted by Crippen LogP contribution is -2.50. The molecule has 4 nitrogen and oxygen atoms in total. The van der Waals surface area contributed by atoms with Gasteiger partial charge in [-0.2, -0.15) is 0 Å². The van der Waals surface area contributed by atoms with Gasteiger partial charge in [-0.25, -0.2) is 9.18 Å². The molecule has 122 valence electrons. The van der Waals surface area contributed by atoms with Gasteiger partial charge in [0.1, 0.15) is 17.0 Å². The van der Waals surface area contributed by atoms with E-state index in [1.165, 1.54) is 4.90 Å². The first-order valence-electron chi connectivity index (χ1n) is 7.27. The molecule has 1 amide bonds. The van der Waals surface area contributed by atoms with Gasteiger partial charge in [-0.15, -0.1) is 0 Å². The van der Waals surface area contributed by atoms with Crippen LogP contribution in [0.3, 0.4) is 0 Å². The van der Waals surface area contributed by atoms with Gasteiger partial charge in [-0.3, -0.25) is 0 Å².